The van der Waals surface area contributed by atoms with Crippen LogP contribution in [0.2, 0.25) is 5.02 Å². The number of benzene rings is 1. The average Bonchev–Trinajstić information content (AvgIpc) is 2.22. The fourth-order valence-electron chi connectivity index (χ4n) is 1.37. The molecule has 0 aliphatic rings. The van der Waals surface area contributed by atoms with Gasteiger partial charge < -0.3 is 4.90 Å². The molecule has 6 heteroatoms. The maximum Gasteiger partial charge on any atom is 0.405 e. The van der Waals surface area contributed by atoms with E-state index in [-0.39, 0.29) is 13.0 Å². The smallest absolute Gasteiger partial charge is 0.361 e. The first kappa shape index (κ1) is 13.7. The molecule has 0 unspecified atom stereocenters. The van der Waals surface area contributed by atoms with Crippen molar-refractivity contribution in [2.75, 3.05) is 18.0 Å². The minimum atomic E-state index is -4.31. The van der Waals surface area contributed by atoms with Gasteiger partial charge in [-0.05, 0) is 18.2 Å². The van der Waals surface area contributed by atoms with Crippen molar-refractivity contribution in [1.29, 1.82) is 5.26 Å². The molecule has 0 spiro atoms. The van der Waals surface area contributed by atoms with Gasteiger partial charge in [-0.1, -0.05) is 17.7 Å². The number of nitriles is 1. The van der Waals surface area contributed by atoms with Gasteiger partial charge in [0.25, 0.3) is 0 Å². The van der Waals surface area contributed by atoms with Gasteiger partial charge in [0.2, 0.25) is 0 Å². The molecule has 0 aromatic heterocycles. The highest BCUT2D eigenvalue weighted by molar-refractivity contribution is 6.30. The van der Waals surface area contributed by atoms with Gasteiger partial charge in [0.05, 0.1) is 12.5 Å². The highest BCUT2D eigenvalue weighted by Gasteiger charge is 2.30. The molecule has 2 nitrogen and oxygen atoms in total. The van der Waals surface area contributed by atoms with Crippen LogP contribution in [-0.2, 0) is 0 Å². The Kier molecular flexibility index (Phi) is 4.64. The third-order valence-corrected chi connectivity index (χ3v) is 2.27. The molecule has 92 valence electrons. The second kappa shape index (κ2) is 5.78. The van der Waals surface area contributed by atoms with Crippen LogP contribution in [0.5, 0.6) is 0 Å². The average molecular weight is 263 g/mol. The largest absolute Gasteiger partial charge is 0.405 e. The number of nitrogens with zero attached hydrogens (tertiary/aromatic N) is 2. The maximum atomic E-state index is 12.4. The first-order chi connectivity index (χ1) is 7.92. The Morgan fingerprint density at radius 2 is 2.06 bits per heavy atom. The van der Waals surface area contributed by atoms with Crippen LogP contribution >= 0.6 is 11.6 Å². The molecule has 0 N–H and O–H groups in total. The Balaban J connectivity index is 2.86. The molecule has 1 aromatic carbocycles. The van der Waals surface area contributed by atoms with Crippen LogP contribution in [0.4, 0.5) is 18.9 Å². The Morgan fingerprint density at radius 1 is 1.35 bits per heavy atom. The van der Waals surface area contributed by atoms with Gasteiger partial charge in [0.15, 0.2) is 0 Å². The molecule has 0 aliphatic heterocycles. The summed E-state index contributed by atoms with van der Waals surface area (Å²) in [6.07, 6.45) is -4.28. The van der Waals surface area contributed by atoms with Crippen molar-refractivity contribution < 1.29 is 13.2 Å². The Morgan fingerprint density at radius 3 is 2.59 bits per heavy atom. The van der Waals surface area contributed by atoms with E-state index >= 15 is 0 Å². The number of anilines is 1. The molecule has 0 amide bonds. The van der Waals surface area contributed by atoms with Gasteiger partial charge >= 0.3 is 6.18 Å². The van der Waals surface area contributed by atoms with Crippen molar-refractivity contribution in [3.63, 3.8) is 0 Å². The molecule has 0 aliphatic carbocycles. The molecule has 0 atom stereocenters. The summed E-state index contributed by atoms with van der Waals surface area (Å²) >= 11 is 5.72. The number of hydrogen-bond acceptors (Lipinski definition) is 2. The quantitative estimate of drug-likeness (QED) is 0.829. The van der Waals surface area contributed by atoms with Crippen LogP contribution in [0.25, 0.3) is 0 Å². The van der Waals surface area contributed by atoms with E-state index in [4.69, 9.17) is 16.9 Å². The summed E-state index contributed by atoms with van der Waals surface area (Å²) in [4.78, 5) is 1.09. The summed E-state index contributed by atoms with van der Waals surface area (Å²) in [7, 11) is 0. The van der Waals surface area contributed by atoms with E-state index in [0.29, 0.717) is 10.7 Å². The zero-order valence-corrected chi connectivity index (χ0v) is 9.59. The minimum absolute atomic E-state index is 0.0242. The molecule has 17 heavy (non-hydrogen) atoms. The van der Waals surface area contributed by atoms with Crippen LogP contribution in [0.1, 0.15) is 6.42 Å². The van der Waals surface area contributed by atoms with E-state index in [1.165, 1.54) is 12.1 Å². The standard InChI is InChI=1S/C11H10ClF3N2/c12-9-3-1-4-10(7-9)17(6-2-5-16)8-11(13,14)15/h1,3-4,7H,2,6,8H2. The molecule has 0 fully saturated rings. The van der Waals surface area contributed by atoms with Crippen LogP contribution in [0.15, 0.2) is 24.3 Å². The summed E-state index contributed by atoms with van der Waals surface area (Å²) < 4.78 is 37.1. The third-order valence-electron chi connectivity index (χ3n) is 2.04. The van der Waals surface area contributed by atoms with Gasteiger partial charge in [-0.25, -0.2) is 0 Å². The Bertz CT molecular complexity index is 412. The Hall–Kier alpha value is -1.41. The van der Waals surface area contributed by atoms with E-state index in [1.807, 2.05) is 6.07 Å². The summed E-state index contributed by atoms with van der Waals surface area (Å²) in [5.41, 5.74) is 0.366. The molecule has 0 saturated carbocycles. The molecule has 0 saturated heterocycles. The lowest BCUT2D eigenvalue weighted by Crippen LogP contribution is -2.34. The topological polar surface area (TPSA) is 27.0 Å². The second-order valence-electron chi connectivity index (χ2n) is 3.42. The van der Waals surface area contributed by atoms with Crippen molar-refractivity contribution in [3.8, 4) is 6.07 Å². The van der Waals surface area contributed by atoms with Crippen molar-refractivity contribution in [1.82, 2.24) is 0 Å². The zero-order valence-electron chi connectivity index (χ0n) is 8.84. The van der Waals surface area contributed by atoms with E-state index in [2.05, 4.69) is 0 Å². The highest BCUT2D eigenvalue weighted by atomic mass is 35.5. The molecule has 1 rings (SSSR count). The van der Waals surface area contributed by atoms with Gasteiger partial charge in [-0.15, -0.1) is 0 Å². The first-order valence-electron chi connectivity index (χ1n) is 4.86. The summed E-state index contributed by atoms with van der Waals surface area (Å²) in [6.45, 7) is -1.06. The van der Waals surface area contributed by atoms with Gasteiger partial charge in [0.1, 0.15) is 6.54 Å². The van der Waals surface area contributed by atoms with Crippen LogP contribution in [0.3, 0.4) is 0 Å². The number of alkyl halides is 3. The van der Waals surface area contributed by atoms with Crippen molar-refractivity contribution in [3.05, 3.63) is 29.3 Å². The van der Waals surface area contributed by atoms with E-state index in [9.17, 15) is 13.2 Å². The van der Waals surface area contributed by atoms with Gasteiger partial charge in [-0.3, -0.25) is 0 Å². The second-order valence-corrected chi connectivity index (χ2v) is 3.86. The predicted molar refractivity (Wildman–Crippen MR) is 60.0 cm³/mol. The monoisotopic (exact) mass is 262 g/mol. The fraction of sp³-hybridized carbons (Fsp3) is 0.364. The number of rotatable bonds is 4. The van der Waals surface area contributed by atoms with Gasteiger partial charge in [-0.2, -0.15) is 18.4 Å². The molecular formula is C11H10ClF3N2. The minimum Gasteiger partial charge on any atom is -0.361 e. The summed E-state index contributed by atoms with van der Waals surface area (Å²) in [5.74, 6) is 0. The molecule has 0 bridgehead atoms. The zero-order chi connectivity index (χ0) is 12.9. The van der Waals surface area contributed by atoms with Crippen molar-refractivity contribution >= 4 is 17.3 Å². The molecular weight excluding hydrogens is 253 g/mol. The van der Waals surface area contributed by atoms with E-state index in [1.54, 1.807) is 12.1 Å². The molecule has 0 radical (unpaired) electrons. The predicted octanol–water partition coefficient (Wildman–Crippen LogP) is 3.62. The molecule has 0 heterocycles. The van der Waals surface area contributed by atoms with Crippen LogP contribution in [0, 0.1) is 11.3 Å². The Labute approximate surface area is 102 Å². The first-order valence-corrected chi connectivity index (χ1v) is 5.24. The number of hydrogen-bond donors (Lipinski definition) is 0. The van der Waals surface area contributed by atoms with Gasteiger partial charge in [0, 0.05) is 17.3 Å². The van der Waals surface area contributed by atoms with Crippen LogP contribution < -0.4 is 4.90 Å². The van der Waals surface area contributed by atoms with Crippen molar-refractivity contribution in [2.24, 2.45) is 0 Å². The lowest BCUT2D eigenvalue weighted by atomic mass is 10.2. The van der Waals surface area contributed by atoms with Crippen molar-refractivity contribution in [2.45, 2.75) is 12.6 Å². The lowest BCUT2D eigenvalue weighted by molar-refractivity contribution is -0.119. The molecule has 1 aromatic rings. The van der Waals surface area contributed by atoms with E-state index in [0.717, 1.165) is 4.90 Å². The maximum absolute atomic E-state index is 12.4. The fourth-order valence-corrected chi connectivity index (χ4v) is 1.56. The number of halogens is 4. The summed E-state index contributed by atoms with van der Waals surface area (Å²) in [5, 5.41) is 8.80. The highest BCUT2D eigenvalue weighted by Crippen LogP contribution is 2.24. The normalized spacial score (nSPS) is 11.0. The lowest BCUT2D eigenvalue weighted by Gasteiger charge is -2.25. The third kappa shape index (κ3) is 4.96. The summed E-state index contributed by atoms with van der Waals surface area (Å²) in [6, 6.07) is 7.97. The van der Waals surface area contributed by atoms with E-state index < -0.39 is 12.7 Å². The SMILES string of the molecule is N#CCCN(CC(F)(F)F)c1cccc(Cl)c1. The van der Waals surface area contributed by atoms with Crippen LogP contribution in [-0.4, -0.2) is 19.3 Å².